The first-order valence-corrected chi connectivity index (χ1v) is 10.2. The number of alkyl halides is 1. The highest BCUT2D eigenvalue weighted by atomic mass is 79.9. The number of hydrogen-bond donors (Lipinski definition) is 0. The van der Waals surface area contributed by atoms with Crippen molar-refractivity contribution in [1.29, 1.82) is 0 Å². The Hall–Kier alpha value is -0.0700. The number of sulfone groups is 1. The van der Waals surface area contributed by atoms with Crippen LogP contribution in [0.15, 0.2) is 22.7 Å². The number of ether oxygens (including phenoxy) is 1. The van der Waals surface area contributed by atoms with E-state index in [1.54, 1.807) is 0 Å². The molecule has 0 amide bonds. The summed E-state index contributed by atoms with van der Waals surface area (Å²) in [6, 6.07) is 5.95. The summed E-state index contributed by atoms with van der Waals surface area (Å²) < 4.78 is 29.7. The zero-order valence-electron chi connectivity index (χ0n) is 11.3. The third kappa shape index (κ3) is 3.98. The van der Waals surface area contributed by atoms with Crippen LogP contribution in [0.1, 0.15) is 30.2 Å². The zero-order chi connectivity index (χ0) is 14.8. The van der Waals surface area contributed by atoms with Gasteiger partial charge in [0.25, 0.3) is 0 Å². The molecule has 1 saturated heterocycles. The standard InChI is InChI=1S/C14H18Br2O3S/c1-2-6-19-13-4-3-10(8-12(13)15)14(16)11-5-7-20(17,18)9-11/h3-4,8,11,14H,2,5-7,9H2,1H3. The van der Waals surface area contributed by atoms with E-state index in [0.717, 1.165) is 28.6 Å². The molecule has 2 atom stereocenters. The lowest BCUT2D eigenvalue weighted by Gasteiger charge is -2.17. The van der Waals surface area contributed by atoms with Crippen LogP contribution in [0.2, 0.25) is 0 Å². The third-order valence-corrected chi connectivity index (χ3v) is 7.11. The molecule has 1 heterocycles. The van der Waals surface area contributed by atoms with Crippen LogP contribution in [0, 0.1) is 5.92 Å². The molecule has 6 heteroatoms. The lowest BCUT2D eigenvalue weighted by Crippen LogP contribution is -2.10. The molecule has 1 fully saturated rings. The van der Waals surface area contributed by atoms with Crippen LogP contribution in [-0.4, -0.2) is 26.5 Å². The molecule has 0 saturated carbocycles. The van der Waals surface area contributed by atoms with E-state index in [2.05, 4.69) is 38.8 Å². The topological polar surface area (TPSA) is 43.4 Å². The molecule has 1 aliphatic rings. The lowest BCUT2D eigenvalue weighted by atomic mass is 9.99. The molecule has 0 radical (unpaired) electrons. The molecule has 1 aromatic rings. The molecule has 20 heavy (non-hydrogen) atoms. The SMILES string of the molecule is CCCOc1ccc(C(Br)C2CCS(=O)(=O)C2)cc1Br. The molecule has 112 valence electrons. The molecule has 2 unspecified atom stereocenters. The van der Waals surface area contributed by atoms with E-state index < -0.39 is 9.84 Å². The quantitative estimate of drug-likeness (QED) is 0.666. The molecular formula is C14H18Br2O3S. The van der Waals surface area contributed by atoms with Crippen LogP contribution in [-0.2, 0) is 9.84 Å². The van der Waals surface area contributed by atoms with Gasteiger partial charge in [-0.2, -0.15) is 0 Å². The monoisotopic (exact) mass is 424 g/mol. The summed E-state index contributed by atoms with van der Waals surface area (Å²) in [5.41, 5.74) is 1.09. The Balaban J connectivity index is 2.11. The summed E-state index contributed by atoms with van der Waals surface area (Å²) in [7, 11) is -2.85. The number of rotatable bonds is 5. The molecule has 0 bridgehead atoms. The second-order valence-electron chi connectivity index (χ2n) is 5.10. The maximum atomic E-state index is 11.6. The fourth-order valence-corrected chi connectivity index (χ4v) is 5.68. The highest BCUT2D eigenvalue weighted by molar-refractivity contribution is 9.10. The molecule has 3 nitrogen and oxygen atoms in total. The van der Waals surface area contributed by atoms with Gasteiger partial charge in [0, 0.05) is 4.83 Å². The second kappa shape index (κ2) is 6.79. The van der Waals surface area contributed by atoms with Crippen LogP contribution >= 0.6 is 31.9 Å². The van der Waals surface area contributed by atoms with E-state index in [9.17, 15) is 8.42 Å². The van der Waals surface area contributed by atoms with Gasteiger partial charge in [0.2, 0.25) is 0 Å². The average molecular weight is 426 g/mol. The average Bonchev–Trinajstić information content (AvgIpc) is 2.77. The lowest BCUT2D eigenvalue weighted by molar-refractivity contribution is 0.315. The molecule has 0 spiro atoms. The van der Waals surface area contributed by atoms with Crippen molar-refractivity contribution in [3.63, 3.8) is 0 Å². The fraction of sp³-hybridized carbons (Fsp3) is 0.571. The molecule has 2 rings (SSSR count). The molecule has 0 aromatic heterocycles. The van der Waals surface area contributed by atoms with Crippen LogP contribution in [0.3, 0.4) is 0 Å². The second-order valence-corrected chi connectivity index (χ2v) is 9.17. The van der Waals surface area contributed by atoms with E-state index in [4.69, 9.17) is 4.74 Å². The first-order chi connectivity index (χ1) is 9.43. The van der Waals surface area contributed by atoms with Crippen molar-refractivity contribution in [2.45, 2.75) is 24.6 Å². The van der Waals surface area contributed by atoms with Crippen LogP contribution in [0.25, 0.3) is 0 Å². The maximum Gasteiger partial charge on any atom is 0.150 e. The van der Waals surface area contributed by atoms with Gasteiger partial charge in [-0.05, 0) is 52.4 Å². The van der Waals surface area contributed by atoms with Crippen LogP contribution in [0.5, 0.6) is 5.75 Å². The van der Waals surface area contributed by atoms with Gasteiger partial charge >= 0.3 is 0 Å². The predicted molar refractivity (Wildman–Crippen MR) is 88.4 cm³/mol. The van der Waals surface area contributed by atoms with Crippen LogP contribution in [0.4, 0.5) is 0 Å². The Labute approximate surface area is 137 Å². The largest absolute Gasteiger partial charge is 0.492 e. The highest BCUT2D eigenvalue weighted by Crippen LogP contribution is 2.40. The van der Waals surface area contributed by atoms with Gasteiger partial charge in [-0.3, -0.25) is 0 Å². The van der Waals surface area contributed by atoms with Crippen LogP contribution < -0.4 is 4.74 Å². The van der Waals surface area contributed by atoms with E-state index in [-0.39, 0.29) is 16.5 Å². The van der Waals surface area contributed by atoms with Crippen molar-refractivity contribution in [3.05, 3.63) is 28.2 Å². The summed E-state index contributed by atoms with van der Waals surface area (Å²) in [6.45, 7) is 2.76. The van der Waals surface area contributed by atoms with Crippen molar-refractivity contribution in [2.75, 3.05) is 18.1 Å². The Morgan fingerprint density at radius 3 is 2.75 bits per heavy atom. The highest BCUT2D eigenvalue weighted by Gasteiger charge is 2.33. The van der Waals surface area contributed by atoms with Gasteiger partial charge < -0.3 is 4.74 Å². The minimum atomic E-state index is -2.85. The summed E-state index contributed by atoms with van der Waals surface area (Å²) in [6.07, 6.45) is 1.69. The van der Waals surface area contributed by atoms with E-state index in [1.807, 2.05) is 18.2 Å². The van der Waals surface area contributed by atoms with Gasteiger partial charge in [-0.15, -0.1) is 0 Å². The Morgan fingerprint density at radius 2 is 2.20 bits per heavy atom. The Kier molecular flexibility index (Phi) is 5.54. The molecule has 0 aliphatic carbocycles. The smallest absolute Gasteiger partial charge is 0.150 e. The maximum absolute atomic E-state index is 11.6. The van der Waals surface area contributed by atoms with Crippen molar-refractivity contribution >= 4 is 41.7 Å². The molecule has 1 aromatic carbocycles. The summed E-state index contributed by atoms with van der Waals surface area (Å²) in [5.74, 6) is 1.55. The fourth-order valence-electron chi connectivity index (χ4n) is 2.34. The van der Waals surface area contributed by atoms with E-state index >= 15 is 0 Å². The van der Waals surface area contributed by atoms with E-state index in [1.165, 1.54) is 0 Å². The Morgan fingerprint density at radius 1 is 1.45 bits per heavy atom. The van der Waals surface area contributed by atoms with Gasteiger partial charge in [0.1, 0.15) is 5.75 Å². The van der Waals surface area contributed by atoms with Gasteiger partial charge in [-0.1, -0.05) is 28.9 Å². The van der Waals surface area contributed by atoms with Gasteiger partial charge in [-0.25, -0.2) is 8.42 Å². The van der Waals surface area contributed by atoms with Gasteiger partial charge in [0.15, 0.2) is 9.84 Å². The molecule has 0 N–H and O–H groups in total. The number of benzene rings is 1. The van der Waals surface area contributed by atoms with Crippen molar-refractivity contribution in [3.8, 4) is 5.75 Å². The Bertz CT molecular complexity index is 572. The first-order valence-electron chi connectivity index (χ1n) is 6.69. The first kappa shape index (κ1) is 16.3. The number of halogens is 2. The normalized spacial score (nSPS) is 22.6. The van der Waals surface area contributed by atoms with Crippen molar-refractivity contribution in [2.24, 2.45) is 5.92 Å². The summed E-state index contributed by atoms with van der Waals surface area (Å²) in [5, 5.41) is 0. The van der Waals surface area contributed by atoms with E-state index in [0.29, 0.717) is 12.4 Å². The molecular weight excluding hydrogens is 408 g/mol. The zero-order valence-corrected chi connectivity index (χ0v) is 15.3. The van der Waals surface area contributed by atoms with Gasteiger partial charge in [0.05, 0.1) is 22.6 Å². The summed E-state index contributed by atoms with van der Waals surface area (Å²) >= 11 is 7.16. The third-order valence-electron chi connectivity index (χ3n) is 3.42. The number of hydrogen-bond acceptors (Lipinski definition) is 3. The molecule has 1 aliphatic heterocycles. The predicted octanol–water partition coefficient (Wildman–Crippen LogP) is 4.11. The van der Waals surface area contributed by atoms with Crippen molar-refractivity contribution in [1.82, 2.24) is 0 Å². The minimum absolute atomic E-state index is 0.0660. The minimum Gasteiger partial charge on any atom is -0.492 e. The summed E-state index contributed by atoms with van der Waals surface area (Å²) in [4.78, 5) is 0.0660. The van der Waals surface area contributed by atoms with Crippen molar-refractivity contribution < 1.29 is 13.2 Å².